The minimum absolute atomic E-state index is 0.652. The molecule has 0 aliphatic carbocycles. The van der Waals surface area contributed by atoms with Crippen molar-refractivity contribution in [2.75, 3.05) is 20.3 Å². The Kier molecular flexibility index (Phi) is 4.18. The number of nitrogens with one attached hydrogen (secondary N) is 1. The Morgan fingerprint density at radius 2 is 2.53 bits per heavy atom. The van der Waals surface area contributed by atoms with Crippen LogP contribution in [0.5, 0.6) is 0 Å². The first-order valence-electron chi connectivity index (χ1n) is 5.67. The van der Waals surface area contributed by atoms with E-state index in [0.717, 1.165) is 19.6 Å². The van der Waals surface area contributed by atoms with Crippen LogP contribution in [0.25, 0.3) is 0 Å². The second-order valence-corrected chi connectivity index (χ2v) is 5.17. The fourth-order valence-electron chi connectivity index (χ4n) is 2.24. The first-order valence-corrected chi connectivity index (χ1v) is 6.55. The molecule has 2 heterocycles. The molecule has 0 bridgehead atoms. The van der Waals surface area contributed by atoms with E-state index >= 15 is 0 Å². The van der Waals surface area contributed by atoms with Gasteiger partial charge in [-0.2, -0.15) is 0 Å². The molecule has 15 heavy (non-hydrogen) atoms. The summed E-state index contributed by atoms with van der Waals surface area (Å²) < 4.78 is 5.55. The summed E-state index contributed by atoms with van der Waals surface area (Å²) in [7, 11) is 2.06. The Morgan fingerprint density at radius 3 is 3.27 bits per heavy atom. The van der Waals surface area contributed by atoms with Crippen LogP contribution in [0.2, 0.25) is 0 Å². The van der Waals surface area contributed by atoms with Crippen LogP contribution in [0.4, 0.5) is 0 Å². The third-order valence-electron chi connectivity index (χ3n) is 3.19. The molecule has 2 rings (SSSR count). The maximum atomic E-state index is 5.55. The highest BCUT2D eigenvalue weighted by atomic mass is 32.1. The maximum Gasteiger partial charge on any atom is 0.0509 e. The van der Waals surface area contributed by atoms with Crippen LogP contribution in [0.1, 0.15) is 17.7 Å². The molecule has 1 aromatic heterocycles. The standard InChI is InChI=1S/C12H19NOS/c1-13-12-6-7-14-9-10(12)4-5-11-3-2-8-15-11/h2-3,8,10,12-13H,4-7,9H2,1H3. The molecule has 1 aliphatic rings. The van der Waals surface area contributed by atoms with E-state index in [1.807, 2.05) is 11.3 Å². The highest BCUT2D eigenvalue weighted by molar-refractivity contribution is 7.09. The van der Waals surface area contributed by atoms with Crippen molar-refractivity contribution in [3.05, 3.63) is 22.4 Å². The summed E-state index contributed by atoms with van der Waals surface area (Å²) in [6.07, 6.45) is 3.60. The van der Waals surface area contributed by atoms with Gasteiger partial charge in [0.2, 0.25) is 0 Å². The van der Waals surface area contributed by atoms with Crippen molar-refractivity contribution in [3.8, 4) is 0 Å². The highest BCUT2D eigenvalue weighted by Crippen LogP contribution is 2.21. The molecule has 2 unspecified atom stereocenters. The number of thiophene rings is 1. The van der Waals surface area contributed by atoms with E-state index in [9.17, 15) is 0 Å². The van der Waals surface area contributed by atoms with E-state index in [-0.39, 0.29) is 0 Å². The fraction of sp³-hybridized carbons (Fsp3) is 0.667. The van der Waals surface area contributed by atoms with Crippen LogP contribution < -0.4 is 5.32 Å². The minimum atomic E-state index is 0.652. The van der Waals surface area contributed by atoms with Crippen molar-refractivity contribution in [3.63, 3.8) is 0 Å². The predicted octanol–water partition coefficient (Wildman–Crippen LogP) is 2.31. The van der Waals surface area contributed by atoms with Crippen LogP contribution in [-0.4, -0.2) is 26.3 Å². The van der Waals surface area contributed by atoms with Crippen LogP contribution >= 0.6 is 11.3 Å². The van der Waals surface area contributed by atoms with Crippen LogP contribution in [0, 0.1) is 5.92 Å². The summed E-state index contributed by atoms with van der Waals surface area (Å²) in [6.45, 7) is 1.85. The Bertz CT molecular complexity index is 273. The second kappa shape index (κ2) is 5.64. The SMILES string of the molecule is CNC1CCOCC1CCc1cccs1. The van der Waals surface area contributed by atoms with Crippen molar-refractivity contribution in [2.24, 2.45) is 5.92 Å². The quantitative estimate of drug-likeness (QED) is 0.849. The minimum Gasteiger partial charge on any atom is -0.381 e. The number of aryl methyl sites for hydroxylation is 1. The van der Waals surface area contributed by atoms with Gasteiger partial charge in [0.15, 0.2) is 0 Å². The molecule has 0 radical (unpaired) electrons. The van der Waals surface area contributed by atoms with Crippen molar-refractivity contribution < 1.29 is 4.74 Å². The fourth-order valence-corrected chi connectivity index (χ4v) is 2.97. The summed E-state index contributed by atoms with van der Waals surface area (Å²) in [5.41, 5.74) is 0. The average Bonchev–Trinajstić information content (AvgIpc) is 2.79. The van der Waals surface area contributed by atoms with E-state index in [1.54, 1.807) is 0 Å². The normalized spacial score (nSPS) is 26.7. The first-order chi connectivity index (χ1) is 7.40. The molecule has 1 fully saturated rings. The zero-order chi connectivity index (χ0) is 10.5. The molecular formula is C12H19NOS. The summed E-state index contributed by atoms with van der Waals surface area (Å²) >= 11 is 1.86. The zero-order valence-corrected chi connectivity index (χ0v) is 10.1. The highest BCUT2D eigenvalue weighted by Gasteiger charge is 2.23. The van der Waals surface area contributed by atoms with Gasteiger partial charge in [0.05, 0.1) is 6.61 Å². The largest absolute Gasteiger partial charge is 0.381 e. The van der Waals surface area contributed by atoms with E-state index in [4.69, 9.17) is 4.74 Å². The zero-order valence-electron chi connectivity index (χ0n) is 9.24. The van der Waals surface area contributed by atoms with Crippen LogP contribution in [0.15, 0.2) is 17.5 Å². The lowest BCUT2D eigenvalue weighted by Crippen LogP contribution is -2.41. The van der Waals surface area contributed by atoms with Gasteiger partial charge in [-0.25, -0.2) is 0 Å². The van der Waals surface area contributed by atoms with Gasteiger partial charge in [0.1, 0.15) is 0 Å². The van der Waals surface area contributed by atoms with Gasteiger partial charge in [-0.05, 0) is 43.7 Å². The summed E-state index contributed by atoms with van der Waals surface area (Å²) in [5, 5.41) is 5.56. The maximum absolute atomic E-state index is 5.55. The van der Waals surface area contributed by atoms with Crippen molar-refractivity contribution in [1.82, 2.24) is 5.32 Å². The lowest BCUT2D eigenvalue weighted by molar-refractivity contribution is 0.0310. The van der Waals surface area contributed by atoms with Gasteiger partial charge in [0.25, 0.3) is 0 Å². The van der Waals surface area contributed by atoms with Crippen molar-refractivity contribution >= 4 is 11.3 Å². The molecule has 0 spiro atoms. The monoisotopic (exact) mass is 225 g/mol. The van der Waals surface area contributed by atoms with Crippen molar-refractivity contribution in [1.29, 1.82) is 0 Å². The predicted molar refractivity (Wildman–Crippen MR) is 64.4 cm³/mol. The lowest BCUT2D eigenvalue weighted by Gasteiger charge is -2.31. The Hall–Kier alpha value is -0.380. The summed E-state index contributed by atoms with van der Waals surface area (Å²) in [5.74, 6) is 0.686. The Morgan fingerprint density at radius 1 is 1.60 bits per heavy atom. The molecule has 1 aliphatic heterocycles. The van der Waals surface area contributed by atoms with Gasteiger partial charge >= 0.3 is 0 Å². The number of ether oxygens (including phenoxy) is 1. The molecule has 2 atom stereocenters. The third kappa shape index (κ3) is 3.03. The number of hydrogen-bond acceptors (Lipinski definition) is 3. The van der Waals surface area contributed by atoms with Crippen LogP contribution in [-0.2, 0) is 11.2 Å². The average molecular weight is 225 g/mol. The molecular weight excluding hydrogens is 206 g/mol. The Balaban J connectivity index is 1.81. The second-order valence-electron chi connectivity index (χ2n) is 4.14. The molecule has 0 amide bonds. The van der Waals surface area contributed by atoms with Crippen LogP contribution in [0.3, 0.4) is 0 Å². The van der Waals surface area contributed by atoms with Gasteiger partial charge in [-0.1, -0.05) is 6.07 Å². The topological polar surface area (TPSA) is 21.3 Å². The molecule has 84 valence electrons. The first kappa shape index (κ1) is 11.1. The summed E-state index contributed by atoms with van der Waals surface area (Å²) in [4.78, 5) is 1.50. The number of rotatable bonds is 4. The van der Waals surface area contributed by atoms with E-state index < -0.39 is 0 Å². The molecule has 3 heteroatoms. The smallest absolute Gasteiger partial charge is 0.0509 e. The molecule has 2 nitrogen and oxygen atoms in total. The summed E-state index contributed by atoms with van der Waals surface area (Å²) in [6, 6.07) is 5.01. The van der Waals surface area contributed by atoms with E-state index in [0.29, 0.717) is 12.0 Å². The Labute approximate surface area is 95.6 Å². The molecule has 0 saturated carbocycles. The number of hydrogen-bond donors (Lipinski definition) is 1. The molecule has 1 saturated heterocycles. The molecule has 0 aromatic carbocycles. The third-order valence-corrected chi connectivity index (χ3v) is 4.12. The van der Waals surface area contributed by atoms with Crippen molar-refractivity contribution in [2.45, 2.75) is 25.3 Å². The van der Waals surface area contributed by atoms with Gasteiger partial charge in [0, 0.05) is 17.5 Å². The van der Waals surface area contributed by atoms with E-state index in [1.165, 1.54) is 17.7 Å². The molecule has 1 aromatic rings. The lowest BCUT2D eigenvalue weighted by atomic mass is 9.91. The van der Waals surface area contributed by atoms with Gasteiger partial charge < -0.3 is 10.1 Å². The van der Waals surface area contributed by atoms with Gasteiger partial charge in [-0.15, -0.1) is 11.3 Å². The van der Waals surface area contributed by atoms with E-state index in [2.05, 4.69) is 29.9 Å². The van der Waals surface area contributed by atoms with Gasteiger partial charge in [-0.3, -0.25) is 0 Å². The molecule has 1 N–H and O–H groups in total.